The van der Waals surface area contributed by atoms with Crippen molar-refractivity contribution in [2.24, 2.45) is 23.3 Å². The van der Waals surface area contributed by atoms with Crippen LogP contribution in [0.4, 0.5) is 4.79 Å². The molecule has 0 aromatic rings. The maximum Gasteiger partial charge on any atom is 0.315 e. The predicted octanol–water partition coefficient (Wildman–Crippen LogP) is -3.08. The number of primary amides is 2. The van der Waals surface area contributed by atoms with Gasteiger partial charge in [-0.15, -0.1) is 0 Å². The summed E-state index contributed by atoms with van der Waals surface area (Å²) in [6.45, 7) is 2.82. The highest BCUT2D eigenvalue weighted by Gasteiger charge is 2.42. The second-order valence-corrected chi connectivity index (χ2v) is 16.7. The monoisotopic (exact) mass is 887 g/mol. The molecule has 24 heteroatoms. The van der Waals surface area contributed by atoms with Crippen LogP contribution in [0.1, 0.15) is 84.5 Å². The van der Waals surface area contributed by atoms with Crippen LogP contribution in [0.25, 0.3) is 0 Å². The van der Waals surface area contributed by atoms with Gasteiger partial charge in [-0.1, -0.05) is 20.3 Å². The minimum atomic E-state index is -1.35. The Balaban J connectivity index is 1.71. The molecule has 14 N–H and O–H groups in total. The normalized spacial score (nSPS) is 18.6. The summed E-state index contributed by atoms with van der Waals surface area (Å²) in [5.74, 6) is -6.70. The molecule has 0 aliphatic carbocycles. The van der Waals surface area contributed by atoms with E-state index in [4.69, 9.17) is 16.7 Å². The summed E-state index contributed by atoms with van der Waals surface area (Å²) in [6.07, 6.45) is 3.34. The van der Waals surface area contributed by atoms with Gasteiger partial charge in [0.25, 0.3) is 0 Å². The number of amides is 11. The number of urea groups is 1. The van der Waals surface area contributed by atoms with Crippen LogP contribution in [0.5, 0.6) is 0 Å². The molecule has 1 unspecified atom stereocenters. The van der Waals surface area contributed by atoms with Gasteiger partial charge in [-0.05, 0) is 50.9 Å². The first-order valence-electron chi connectivity index (χ1n) is 19.9. The lowest BCUT2D eigenvalue weighted by atomic mass is 9.92. The number of carbonyl (C=O) groups is 10. The Hall–Kier alpha value is -4.84. The highest BCUT2D eigenvalue weighted by atomic mass is 32.2. The zero-order chi connectivity index (χ0) is 44.8. The van der Waals surface area contributed by atoms with E-state index in [-0.39, 0.29) is 67.8 Å². The van der Waals surface area contributed by atoms with Crippen molar-refractivity contribution in [1.29, 1.82) is 0 Å². The fraction of sp³-hybridized carbons (Fsp3) is 0.722. The van der Waals surface area contributed by atoms with E-state index in [1.807, 2.05) is 11.8 Å². The fourth-order valence-corrected chi connectivity index (χ4v) is 8.36. The van der Waals surface area contributed by atoms with Crippen molar-refractivity contribution in [3.8, 4) is 0 Å². The first-order valence-corrected chi connectivity index (χ1v) is 21.6. The standard InChI is InChI=1S/C36H61N11O11S2/c1-19(2)13-20(14-28(50)47-58)33(54)43-22(10-11-26(37)48)35(56)44-23(17-59)34(55)41-15-29(51)40-16-30(52)42-21(32(38)53)7-5-6-12-39-27(49)9-4-3-8-25-31-24(18-60-25)45-36(57)46-31/h19-25,31,58-59H,3-18H2,1-2H3,(H2,37,48)(H2,38,53)(H,39,49)(H,40,51)(H,41,55)(H,42,52)(H,43,54)(H,44,56)(H,47,50)(H2,45,46,57)/t20?,21-,22-,23-,24-,25-,31-/m0/s1. The molecule has 7 atom stereocenters. The van der Waals surface area contributed by atoms with Crippen LogP contribution >= 0.6 is 24.4 Å². The molecule has 2 saturated heterocycles. The molecular formula is C36H61N11O11S2. The molecule has 2 aliphatic heterocycles. The summed E-state index contributed by atoms with van der Waals surface area (Å²) < 4.78 is 0. The Labute approximate surface area is 358 Å². The molecule has 0 radical (unpaired) electrons. The van der Waals surface area contributed by atoms with E-state index in [2.05, 4.69) is 55.2 Å². The van der Waals surface area contributed by atoms with E-state index >= 15 is 0 Å². The maximum absolute atomic E-state index is 13.2. The first kappa shape index (κ1) is 51.3. The molecule has 60 heavy (non-hydrogen) atoms. The van der Waals surface area contributed by atoms with Crippen molar-refractivity contribution in [3.05, 3.63) is 0 Å². The van der Waals surface area contributed by atoms with Crippen LogP contribution in [0.3, 0.4) is 0 Å². The van der Waals surface area contributed by atoms with Gasteiger partial charge in [-0.3, -0.25) is 48.4 Å². The van der Waals surface area contributed by atoms with Gasteiger partial charge in [0.05, 0.1) is 25.2 Å². The van der Waals surface area contributed by atoms with E-state index in [0.717, 1.165) is 25.0 Å². The van der Waals surface area contributed by atoms with Crippen molar-refractivity contribution in [2.45, 2.75) is 120 Å². The summed E-state index contributed by atoms with van der Waals surface area (Å²) in [4.78, 5) is 123. The van der Waals surface area contributed by atoms with Crippen molar-refractivity contribution in [3.63, 3.8) is 0 Å². The SMILES string of the molecule is CC(C)CC(CC(=O)NO)C(=O)N[C@@H](CCC(N)=O)C(=O)N[C@@H](CS)C(=O)NCC(=O)NCC(=O)N[C@@H](CCCCNC(=O)CCCC[C@@H]1SC[C@@H]2NC(=O)N[C@@H]21)C(N)=O. The highest BCUT2D eigenvalue weighted by Crippen LogP contribution is 2.33. The van der Waals surface area contributed by atoms with Crippen LogP contribution in [0.15, 0.2) is 0 Å². The molecule has 22 nitrogen and oxygen atoms in total. The topological polar surface area (TPSA) is 351 Å². The molecule has 0 aromatic carbocycles. The number of hydroxylamine groups is 1. The van der Waals surface area contributed by atoms with E-state index in [1.165, 1.54) is 5.48 Å². The molecule has 338 valence electrons. The van der Waals surface area contributed by atoms with E-state index in [9.17, 15) is 47.9 Å². The van der Waals surface area contributed by atoms with Gasteiger partial charge in [0.15, 0.2) is 0 Å². The van der Waals surface area contributed by atoms with Crippen molar-refractivity contribution < 1.29 is 53.2 Å². The third kappa shape index (κ3) is 19.5. The molecule has 0 spiro atoms. The van der Waals surface area contributed by atoms with Gasteiger partial charge in [0.2, 0.25) is 53.2 Å². The second kappa shape index (κ2) is 27.1. The number of unbranched alkanes of at least 4 members (excludes halogenated alkanes) is 2. The summed E-state index contributed by atoms with van der Waals surface area (Å²) in [5, 5.41) is 29.9. The molecule has 2 heterocycles. The zero-order valence-electron chi connectivity index (χ0n) is 34.0. The number of thiol groups is 1. The molecular weight excluding hydrogens is 827 g/mol. The van der Waals surface area contributed by atoms with Crippen molar-refractivity contribution in [2.75, 3.05) is 31.1 Å². The van der Waals surface area contributed by atoms with Crippen molar-refractivity contribution in [1.82, 2.24) is 48.0 Å². The molecule has 0 bridgehead atoms. The minimum Gasteiger partial charge on any atom is -0.370 e. The highest BCUT2D eigenvalue weighted by molar-refractivity contribution is 8.00. The third-order valence-corrected chi connectivity index (χ3v) is 11.6. The largest absolute Gasteiger partial charge is 0.370 e. The lowest BCUT2D eigenvalue weighted by Crippen LogP contribution is -2.56. The van der Waals surface area contributed by atoms with Crippen LogP contribution in [0.2, 0.25) is 0 Å². The number of nitrogens with two attached hydrogens (primary N) is 2. The van der Waals surface area contributed by atoms with Gasteiger partial charge in [-0.25, -0.2) is 10.3 Å². The predicted molar refractivity (Wildman–Crippen MR) is 222 cm³/mol. The Kier molecular flexibility index (Phi) is 23.2. The molecule has 2 aliphatic rings. The van der Waals surface area contributed by atoms with Crippen LogP contribution in [-0.2, 0) is 43.2 Å². The average Bonchev–Trinajstić information content (AvgIpc) is 3.75. The number of carbonyl (C=O) groups excluding carboxylic acids is 10. The van der Waals surface area contributed by atoms with Crippen LogP contribution in [-0.4, -0.2) is 131 Å². The number of hydrogen-bond acceptors (Lipinski definition) is 13. The molecule has 0 aromatic heterocycles. The van der Waals surface area contributed by atoms with Gasteiger partial charge in [0, 0.05) is 48.5 Å². The third-order valence-electron chi connectivity index (χ3n) is 9.68. The molecule has 2 fully saturated rings. The lowest BCUT2D eigenvalue weighted by molar-refractivity contribution is -0.137. The first-order chi connectivity index (χ1) is 28.4. The Bertz CT molecular complexity index is 1540. The number of nitrogens with one attached hydrogen (secondary N) is 9. The van der Waals surface area contributed by atoms with E-state index in [1.54, 1.807) is 13.8 Å². The van der Waals surface area contributed by atoms with Crippen LogP contribution in [0, 0.1) is 11.8 Å². The minimum absolute atomic E-state index is 0.0372. The smallest absolute Gasteiger partial charge is 0.315 e. The number of fused-ring (bicyclic) bond motifs is 1. The molecule has 2 rings (SSSR count). The van der Waals surface area contributed by atoms with Gasteiger partial charge >= 0.3 is 6.03 Å². The quantitative estimate of drug-likeness (QED) is 0.0117. The summed E-state index contributed by atoms with van der Waals surface area (Å²) in [6, 6.07) is -3.52. The number of thioether (sulfide) groups is 1. The number of hydrogen-bond donors (Lipinski definition) is 13. The second-order valence-electron chi connectivity index (χ2n) is 15.1. The Morgan fingerprint density at radius 2 is 1.47 bits per heavy atom. The van der Waals surface area contributed by atoms with Gasteiger partial charge in [0.1, 0.15) is 18.1 Å². The maximum atomic E-state index is 13.2. The zero-order valence-corrected chi connectivity index (χ0v) is 35.7. The summed E-state index contributed by atoms with van der Waals surface area (Å²) >= 11 is 5.92. The van der Waals surface area contributed by atoms with Gasteiger partial charge in [-0.2, -0.15) is 24.4 Å². The Morgan fingerprint density at radius 1 is 0.767 bits per heavy atom. The van der Waals surface area contributed by atoms with Crippen LogP contribution < -0.4 is 59.5 Å². The van der Waals surface area contributed by atoms with E-state index in [0.29, 0.717) is 31.1 Å². The number of rotatable bonds is 29. The summed E-state index contributed by atoms with van der Waals surface area (Å²) in [5.41, 5.74) is 12.2. The Morgan fingerprint density at radius 3 is 2.12 bits per heavy atom. The molecule has 0 saturated carbocycles. The lowest BCUT2D eigenvalue weighted by Gasteiger charge is -2.24. The van der Waals surface area contributed by atoms with Gasteiger partial charge < -0.3 is 54.0 Å². The molecule has 11 amide bonds. The van der Waals surface area contributed by atoms with E-state index < -0.39 is 84.4 Å². The average molecular weight is 888 g/mol. The summed E-state index contributed by atoms with van der Waals surface area (Å²) in [7, 11) is 0. The van der Waals surface area contributed by atoms with Crippen molar-refractivity contribution >= 4 is 83.6 Å². The fourth-order valence-electron chi connectivity index (χ4n) is 6.56.